The van der Waals surface area contributed by atoms with Crippen molar-refractivity contribution in [1.82, 2.24) is 16.1 Å². The third-order valence-electron chi connectivity index (χ3n) is 6.96. The van der Waals surface area contributed by atoms with Gasteiger partial charge in [0.2, 0.25) is 0 Å². The Morgan fingerprint density at radius 1 is 1.22 bits per heavy atom. The molecule has 0 spiro atoms. The molecular weight excluding hydrogens is 346 g/mol. The lowest BCUT2D eigenvalue weighted by atomic mass is 9.92. The summed E-state index contributed by atoms with van der Waals surface area (Å²) < 4.78 is 10.7. The summed E-state index contributed by atoms with van der Waals surface area (Å²) >= 11 is 0. The Morgan fingerprint density at radius 3 is 2.96 bits per heavy atom. The first-order valence-corrected chi connectivity index (χ1v) is 11.0. The Labute approximate surface area is 163 Å². The molecule has 0 amide bonds. The number of hydrogen-bond acceptors (Lipinski definition) is 6. The maximum absolute atomic E-state index is 6.09. The molecule has 6 atom stereocenters. The predicted molar refractivity (Wildman–Crippen MR) is 101 cm³/mol. The van der Waals surface area contributed by atoms with E-state index in [9.17, 15) is 0 Å². The quantitative estimate of drug-likeness (QED) is 0.312. The molecule has 5 unspecified atom stereocenters. The van der Waals surface area contributed by atoms with Gasteiger partial charge < -0.3 is 19.7 Å². The van der Waals surface area contributed by atoms with Crippen LogP contribution in [0.4, 0.5) is 0 Å². The molecular formula is C19H39N5O3+2. The fourth-order valence-corrected chi connectivity index (χ4v) is 5.51. The van der Waals surface area contributed by atoms with Crippen molar-refractivity contribution in [1.29, 1.82) is 0 Å². The monoisotopic (exact) mass is 385 g/mol. The molecule has 0 aromatic rings. The third kappa shape index (κ3) is 5.00. The Balaban J connectivity index is 1.27. The first kappa shape index (κ1) is 20.0. The lowest BCUT2D eigenvalue weighted by Crippen LogP contribution is -3.19. The van der Waals surface area contributed by atoms with E-state index in [0.29, 0.717) is 18.1 Å². The van der Waals surface area contributed by atoms with Crippen LogP contribution in [-0.4, -0.2) is 77.2 Å². The van der Waals surface area contributed by atoms with Crippen molar-refractivity contribution in [3.05, 3.63) is 0 Å². The van der Waals surface area contributed by atoms with Crippen molar-refractivity contribution in [2.24, 2.45) is 5.92 Å². The number of hydrogen-bond donors (Lipinski definition) is 5. The van der Waals surface area contributed by atoms with Gasteiger partial charge >= 0.3 is 0 Å². The minimum absolute atomic E-state index is 0.140. The third-order valence-corrected chi connectivity index (χ3v) is 6.96. The molecule has 0 aromatic carbocycles. The summed E-state index contributed by atoms with van der Waals surface area (Å²) in [4.78, 5) is 7.84. The summed E-state index contributed by atoms with van der Waals surface area (Å²) in [6, 6.07) is 1.31. The molecule has 0 bridgehead atoms. The summed E-state index contributed by atoms with van der Waals surface area (Å²) in [5, 5.41) is 9.83. The number of nitrogens with one attached hydrogen (secondary N) is 4. The average Bonchev–Trinajstić information content (AvgIpc) is 3.39. The zero-order valence-corrected chi connectivity index (χ0v) is 16.8. The van der Waals surface area contributed by atoms with E-state index in [1.165, 1.54) is 45.2 Å². The molecule has 4 aliphatic rings. The van der Waals surface area contributed by atoms with Crippen molar-refractivity contribution >= 4 is 0 Å². The summed E-state index contributed by atoms with van der Waals surface area (Å²) in [6.45, 7) is 5.99. The van der Waals surface area contributed by atoms with Crippen LogP contribution in [0.15, 0.2) is 0 Å². The number of quaternary nitrogens is 2. The zero-order chi connectivity index (χ0) is 18.5. The highest BCUT2D eigenvalue weighted by Gasteiger charge is 2.45. The number of methoxy groups -OCH3 is 1. The normalized spacial score (nSPS) is 41.2. The van der Waals surface area contributed by atoms with Gasteiger partial charge in [0.15, 0.2) is 6.23 Å². The van der Waals surface area contributed by atoms with Crippen molar-refractivity contribution in [2.75, 3.05) is 46.6 Å². The predicted octanol–water partition coefficient (Wildman–Crippen LogP) is -2.48. The molecule has 4 aliphatic heterocycles. The van der Waals surface area contributed by atoms with Crippen molar-refractivity contribution in [2.45, 2.75) is 69.2 Å². The second-order valence-corrected chi connectivity index (χ2v) is 8.62. The summed E-state index contributed by atoms with van der Waals surface area (Å²) in [6.07, 6.45) is 8.25. The number of piperidine rings is 1. The van der Waals surface area contributed by atoms with E-state index < -0.39 is 0 Å². The molecule has 0 aromatic heterocycles. The Hall–Kier alpha value is -0.320. The van der Waals surface area contributed by atoms with E-state index in [1.54, 1.807) is 12.0 Å². The van der Waals surface area contributed by atoms with Gasteiger partial charge in [-0.15, -0.1) is 0 Å². The molecule has 0 saturated carbocycles. The van der Waals surface area contributed by atoms with Gasteiger partial charge in [0.1, 0.15) is 12.2 Å². The van der Waals surface area contributed by atoms with Crippen LogP contribution in [0.1, 0.15) is 38.5 Å². The van der Waals surface area contributed by atoms with Crippen molar-refractivity contribution in [3.63, 3.8) is 0 Å². The van der Waals surface area contributed by atoms with Crippen LogP contribution in [0, 0.1) is 5.92 Å². The van der Waals surface area contributed by atoms with Gasteiger partial charge in [0, 0.05) is 58.1 Å². The Morgan fingerprint density at radius 2 is 2.11 bits per heavy atom. The molecule has 8 heteroatoms. The van der Waals surface area contributed by atoms with E-state index in [0.717, 1.165) is 38.8 Å². The molecule has 4 rings (SSSR count). The lowest BCUT2D eigenvalue weighted by molar-refractivity contribution is -0.942. The van der Waals surface area contributed by atoms with Gasteiger partial charge in [-0.1, -0.05) is 0 Å². The smallest absolute Gasteiger partial charge is 0.183 e. The highest BCUT2D eigenvalue weighted by molar-refractivity contribution is 4.85. The molecule has 0 aliphatic carbocycles. The van der Waals surface area contributed by atoms with Gasteiger partial charge in [0.25, 0.3) is 0 Å². The number of nitrogens with two attached hydrogens (primary N) is 1. The molecule has 27 heavy (non-hydrogen) atoms. The van der Waals surface area contributed by atoms with E-state index in [4.69, 9.17) is 14.3 Å². The largest absolute Gasteiger partial charge is 0.383 e. The SMILES string of the molecule is COCCNC1CC(C2NOC([C@H]3CCC[NH+]3C3CCOCC3)N2)CC[NH2+]1. The number of hydroxylamine groups is 1. The van der Waals surface area contributed by atoms with Crippen molar-refractivity contribution in [3.8, 4) is 0 Å². The number of likely N-dealkylation sites (tertiary alicyclic amines) is 1. The molecule has 0 radical (unpaired) electrons. The van der Waals surface area contributed by atoms with E-state index >= 15 is 0 Å². The Kier molecular flexibility index (Phi) is 7.35. The van der Waals surface area contributed by atoms with Gasteiger partial charge in [0.05, 0.1) is 45.1 Å². The molecule has 4 fully saturated rings. The van der Waals surface area contributed by atoms with Gasteiger partial charge in [-0.05, 0) is 0 Å². The molecule has 4 heterocycles. The summed E-state index contributed by atoms with van der Waals surface area (Å²) in [7, 11) is 1.76. The fourth-order valence-electron chi connectivity index (χ4n) is 5.51. The van der Waals surface area contributed by atoms with Crippen LogP contribution in [0.25, 0.3) is 0 Å². The topological polar surface area (TPSA) is 84.8 Å². The van der Waals surface area contributed by atoms with Gasteiger partial charge in [-0.2, -0.15) is 5.48 Å². The minimum Gasteiger partial charge on any atom is -0.383 e. The van der Waals surface area contributed by atoms with Crippen molar-refractivity contribution < 1.29 is 24.5 Å². The zero-order valence-electron chi connectivity index (χ0n) is 16.8. The highest BCUT2D eigenvalue weighted by Crippen LogP contribution is 2.21. The van der Waals surface area contributed by atoms with Crippen LogP contribution in [-0.2, 0) is 14.3 Å². The molecule has 156 valence electrons. The molecule has 4 saturated heterocycles. The van der Waals surface area contributed by atoms with Gasteiger partial charge in [-0.25, -0.2) is 0 Å². The lowest BCUT2D eigenvalue weighted by Gasteiger charge is -2.34. The summed E-state index contributed by atoms with van der Waals surface area (Å²) in [5.74, 6) is 0.605. The van der Waals surface area contributed by atoms with Crippen LogP contribution in [0.5, 0.6) is 0 Å². The minimum atomic E-state index is 0.140. The van der Waals surface area contributed by atoms with E-state index in [-0.39, 0.29) is 12.4 Å². The second kappa shape index (κ2) is 9.93. The highest BCUT2D eigenvalue weighted by atomic mass is 16.7. The first-order chi connectivity index (χ1) is 13.3. The fraction of sp³-hybridized carbons (Fsp3) is 1.00. The number of ether oxygens (including phenoxy) is 2. The van der Waals surface area contributed by atoms with Crippen LogP contribution in [0.3, 0.4) is 0 Å². The van der Waals surface area contributed by atoms with Gasteiger partial charge in [-0.3, -0.25) is 15.5 Å². The van der Waals surface area contributed by atoms with Crippen LogP contribution in [0.2, 0.25) is 0 Å². The maximum atomic E-state index is 6.09. The van der Waals surface area contributed by atoms with E-state index in [1.807, 2.05) is 0 Å². The Bertz CT molecular complexity index is 451. The average molecular weight is 386 g/mol. The maximum Gasteiger partial charge on any atom is 0.183 e. The standard InChI is InChI=1S/C19H37N5O3/c1-25-12-8-21-17-13-14(4-7-20-17)18-22-19(27-23-18)16-3-2-9-24(16)15-5-10-26-11-6-15/h14-23H,2-13H2,1H3/p+2/t14?,16-,17?,18?,19?/m1/s1. The molecule has 8 nitrogen and oxygen atoms in total. The molecule has 6 N–H and O–H groups in total. The first-order valence-electron chi connectivity index (χ1n) is 11.0. The second-order valence-electron chi connectivity index (χ2n) is 8.62. The van der Waals surface area contributed by atoms with E-state index in [2.05, 4.69) is 21.4 Å². The number of rotatable bonds is 7. The van der Waals surface area contributed by atoms with Crippen LogP contribution >= 0.6 is 0 Å². The van der Waals surface area contributed by atoms with Crippen LogP contribution < -0.4 is 26.3 Å². The summed E-state index contributed by atoms with van der Waals surface area (Å²) in [5.41, 5.74) is 3.35.